The molecule has 0 spiro atoms. The van der Waals surface area contributed by atoms with Crippen molar-refractivity contribution in [1.82, 2.24) is 5.32 Å². The van der Waals surface area contributed by atoms with Gasteiger partial charge >= 0.3 is 0 Å². The summed E-state index contributed by atoms with van der Waals surface area (Å²) in [5.74, 6) is -0.504. The first-order valence-electron chi connectivity index (χ1n) is 6.38. The van der Waals surface area contributed by atoms with Crippen molar-refractivity contribution in [3.8, 4) is 0 Å². The second-order valence-corrected chi connectivity index (χ2v) is 4.29. The van der Waals surface area contributed by atoms with Crippen molar-refractivity contribution < 1.29 is 14.5 Å². The number of nitrogens with zero attached hydrogens (tertiary/aromatic N) is 1. The molecule has 7 nitrogen and oxygen atoms in total. The molecule has 1 unspecified atom stereocenters. The number of nitrogens with one attached hydrogen (secondary N) is 1. The number of nitro benzene ring substituents is 1. The number of rotatable bonds is 9. The number of ether oxygens (including phenoxy) is 1. The number of primary amides is 1. The highest BCUT2D eigenvalue weighted by Gasteiger charge is 2.12. The van der Waals surface area contributed by atoms with Crippen LogP contribution in [0.3, 0.4) is 0 Å². The van der Waals surface area contributed by atoms with E-state index in [9.17, 15) is 14.9 Å². The molecule has 0 aliphatic rings. The van der Waals surface area contributed by atoms with Crippen LogP contribution in [-0.2, 0) is 9.53 Å². The predicted molar refractivity (Wildman–Crippen MR) is 74.1 cm³/mol. The van der Waals surface area contributed by atoms with Crippen LogP contribution in [0, 0.1) is 10.1 Å². The van der Waals surface area contributed by atoms with Crippen molar-refractivity contribution in [3.05, 3.63) is 39.9 Å². The Morgan fingerprint density at radius 1 is 1.55 bits per heavy atom. The van der Waals surface area contributed by atoms with Crippen molar-refractivity contribution >= 4 is 11.6 Å². The number of benzene rings is 1. The summed E-state index contributed by atoms with van der Waals surface area (Å²) in [5.41, 5.74) is 5.88. The monoisotopic (exact) mass is 281 g/mol. The first-order chi connectivity index (χ1) is 9.54. The Labute approximate surface area is 117 Å². The van der Waals surface area contributed by atoms with Crippen molar-refractivity contribution in [2.24, 2.45) is 5.73 Å². The van der Waals surface area contributed by atoms with E-state index in [0.717, 1.165) is 12.0 Å². The fourth-order valence-electron chi connectivity index (χ4n) is 1.83. The molecule has 1 rings (SSSR count). The van der Waals surface area contributed by atoms with Crippen LogP contribution in [0.4, 0.5) is 5.69 Å². The van der Waals surface area contributed by atoms with Crippen molar-refractivity contribution in [3.63, 3.8) is 0 Å². The number of hydrogen-bond acceptors (Lipinski definition) is 5. The molecule has 0 fully saturated rings. The zero-order valence-electron chi connectivity index (χ0n) is 11.4. The van der Waals surface area contributed by atoms with Crippen molar-refractivity contribution in [1.29, 1.82) is 0 Å². The van der Waals surface area contributed by atoms with Gasteiger partial charge < -0.3 is 15.8 Å². The minimum Gasteiger partial charge on any atom is -0.370 e. The molecule has 0 aliphatic carbocycles. The maximum Gasteiger partial charge on any atom is 0.269 e. The van der Waals surface area contributed by atoms with Crippen molar-refractivity contribution in [2.45, 2.75) is 19.4 Å². The molecule has 0 bridgehead atoms. The molecule has 0 aromatic heterocycles. The number of carbonyl (C=O) groups excluding carboxylic acids is 1. The third-order valence-electron chi connectivity index (χ3n) is 2.77. The van der Waals surface area contributed by atoms with E-state index in [0.29, 0.717) is 13.2 Å². The van der Waals surface area contributed by atoms with Gasteiger partial charge in [0.2, 0.25) is 5.91 Å². The van der Waals surface area contributed by atoms with E-state index in [4.69, 9.17) is 10.5 Å². The summed E-state index contributed by atoms with van der Waals surface area (Å²) >= 11 is 0. The van der Waals surface area contributed by atoms with Gasteiger partial charge in [-0.1, -0.05) is 19.1 Å². The predicted octanol–water partition coefficient (Wildman–Crippen LogP) is 1.14. The van der Waals surface area contributed by atoms with Crippen LogP contribution >= 0.6 is 0 Å². The molecule has 0 aliphatic heterocycles. The number of nitrogens with two attached hydrogens (primary N) is 1. The second kappa shape index (κ2) is 8.23. The van der Waals surface area contributed by atoms with Crippen LogP contribution in [0.5, 0.6) is 0 Å². The lowest BCUT2D eigenvalue weighted by molar-refractivity contribution is -0.384. The highest BCUT2D eigenvalue weighted by atomic mass is 16.6. The summed E-state index contributed by atoms with van der Waals surface area (Å²) in [6.45, 7) is 2.78. The Morgan fingerprint density at radius 3 is 2.90 bits per heavy atom. The quantitative estimate of drug-likeness (QED) is 0.401. The van der Waals surface area contributed by atoms with Crippen molar-refractivity contribution in [2.75, 3.05) is 19.8 Å². The van der Waals surface area contributed by atoms with Gasteiger partial charge in [0.15, 0.2) is 0 Å². The molecule has 0 radical (unpaired) electrons. The van der Waals surface area contributed by atoms with Gasteiger partial charge in [-0.3, -0.25) is 14.9 Å². The minimum atomic E-state index is -0.504. The molecular weight excluding hydrogens is 262 g/mol. The third kappa shape index (κ3) is 5.33. The first-order valence-corrected chi connectivity index (χ1v) is 6.38. The van der Waals surface area contributed by atoms with Crippen LogP contribution in [0.2, 0.25) is 0 Å². The van der Waals surface area contributed by atoms with Gasteiger partial charge in [0, 0.05) is 24.7 Å². The fourth-order valence-corrected chi connectivity index (χ4v) is 1.83. The van der Waals surface area contributed by atoms with E-state index in [1.807, 2.05) is 13.0 Å². The van der Waals surface area contributed by atoms with Crippen LogP contribution in [0.1, 0.15) is 24.9 Å². The van der Waals surface area contributed by atoms with Gasteiger partial charge in [0.25, 0.3) is 5.69 Å². The van der Waals surface area contributed by atoms with E-state index >= 15 is 0 Å². The zero-order valence-corrected chi connectivity index (χ0v) is 11.4. The summed E-state index contributed by atoms with van der Waals surface area (Å²) in [7, 11) is 0. The molecule has 0 saturated heterocycles. The van der Waals surface area contributed by atoms with Gasteiger partial charge in [-0.15, -0.1) is 0 Å². The van der Waals surface area contributed by atoms with Crippen LogP contribution in [-0.4, -0.2) is 30.6 Å². The summed E-state index contributed by atoms with van der Waals surface area (Å²) in [4.78, 5) is 20.8. The molecule has 1 amide bonds. The average Bonchev–Trinajstić information content (AvgIpc) is 2.42. The summed E-state index contributed by atoms with van der Waals surface area (Å²) in [5, 5.41) is 14.0. The molecule has 0 saturated carbocycles. The Morgan fingerprint density at radius 2 is 2.30 bits per heavy atom. The molecule has 1 aromatic carbocycles. The summed E-state index contributed by atoms with van der Waals surface area (Å²) in [6.07, 6.45) is 0.789. The number of amides is 1. The zero-order chi connectivity index (χ0) is 15.0. The topological polar surface area (TPSA) is 107 Å². The number of non-ortho nitro benzene ring substituents is 1. The number of carbonyl (C=O) groups is 1. The lowest BCUT2D eigenvalue weighted by Gasteiger charge is -2.17. The normalized spacial score (nSPS) is 12.1. The average molecular weight is 281 g/mol. The van der Waals surface area contributed by atoms with E-state index < -0.39 is 10.8 Å². The van der Waals surface area contributed by atoms with E-state index in [1.165, 1.54) is 6.07 Å². The van der Waals surface area contributed by atoms with Crippen LogP contribution in [0.15, 0.2) is 24.3 Å². The summed E-state index contributed by atoms with van der Waals surface area (Å²) < 4.78 is 5.04. The number of nitro groups is 1. The smallest absolute Gasteiger partial charge is 0.269 e. The SMILES string of the molecule is CCC(NCCOCC(N)=O)c1cccc([N+](=O)[O-])c1. The fraction of sp³-hybridized carbons (Fsp3) is 0.462. The Bertz CT molecular complexity index is 465. The standard InChI is InChI=1S/C13H19N3O4/c1-2-12(15-6-7-20-9-13(14)17)10-4-3-5-11(8-10)16(18)19/h3-5,8,12,15H,2,6-7,9H2,1H3,(H2,14,17). The molecule has 3 N–H and O–H groups in total. The number of hydrogen-bond donors (Lipinski definition) is 2. The van der Waals surface area contributed by atoms with E-state index in [-0.39, 0.29) is 18.3 Å². The molecule has 110 valence electrons. The summed E-state index contributed by atoms with van der Waals surface area (Å²) in [6, 6.07) is 6.55. The third-order valence-corrected chi connectivity index (χ3v) is 2.77. The maximum atomic E-state index is 10.7. The van der Waals surface area contributed by atoms with Crippen LogP contribution in [0.25, 0.3) is 0 Å². The Kier molecular flexibility index (Phi) is 6.61. The molecule has 1 atom stereocenters. The maximum absolute atomic E-state index is 10.7. The minimum absolute atomic E-state index is 0.00655. The van der Waals surface area contributed by atoms with Gasteiger partial charge in [-0.25, -0.2) is 0 Å². The lowest BCUT2D eigenvalue weighted by Crippen LogP contribution is -2.27. The Hall–Kier alpha value is -1.99. The van der Waals surface area contributed by atoms with E-state index in [2.05, 4.69) is 5.32 Å². The van der Waals surface area contributed by atoms with Gasteiger partial charge in [0.05, 0.1) is 11.5 Å². The molecule has 7 heteroatoms. The molecule has 20 heavy (non-hydrogen) atoms. The van der Waals surface area contributed by atoms with Crippen LogP contribution < -0.4 is 11.1 Å². The van der Waals surface area contributed by atoms with Gasteiger partial charge in [-0.2, -0.15) is 0 Å². The second-order valence-electron chi connectivity index (χ2n) is 4.29. The molecule has 1 aromatic rings. The van der Waals surface area contributed by atoms with E-state index in [1.54, 1.807) is 12.1 Å². The van der Waals surface area contributed by atoms with Gasteiger partial charge in [-0.05, 0) is 12.0 Å². The first kappa shape index (κ1) is 16.1. The largest absolute Gasteiger partial charge is 0.370 e. The Balaban J connectivity index is 2.51. The molecule has 0 heterocycles. The lowest BCUT2D eigenvalue weighted by atomic mass is 10.0. The molecular formula is C13H19N3O4. The van der Waals surface area contributed by atoms with Gasteiger partial charge in [0.1, 0.15) is 6.61 Å². The highest BCUT2D eigenvalue weighted by molar-refractivity contribution is 5.74. The highest BCUT2D eigenvalue weighted by Crippen LogP contribution is 2.21.